The molecule has 1 N–H and O–H groups in total. The Balaban J connectivity index is 1.70. The van der Waals surface area contributed by atoms with Crippen LogP contribution in [0.4, 0.5) is 0 Å². The van der Waals surface area contributed by atoms with Gasteiger partial charge in [0.15, 0.2) is 0 Å². The van der Waals surface area contributed by atoms with Crippen LogP contribution in [0, 0.1) is 11.8 Å². The van der Waals surface area contributed by atoms with Gasteiger partial charge in [0.25, 0.3) is 0 Å². The second kappa shape index (κ2) is 9.19. The Kier molecular flexibility index (Phi) is 6.44. The van der Waals surface area contributed by atoms with E-state index in [1.54, 1.807) is 0 Å². The molecule has 0 aromatic heterocycles. The molecule has 0 saturated carbocycles. The van der Waals surface area contributed by atoms with Crippen molar-refractivity contribution in [3.05, 3.63) is 108 Å². The number of benzene rings is 3. The van der Waals surface area contributed by atoms with Crippen LogP contribution >= 0.6 is 0 Å². The fraction of sp³-hybridized carbons (Fsp3) is 0.200. The Morgan fingerprint density at radius 2 is 1.22 bits per heavy atom. The number of nitrogens with zero attached hydrogens (tertiary/aromatic N) is 1. The van der Waals surface area contributed by atoms with E-state index in [9.17, 15) is 5.11 Å². The van der Waals surface area contributed by atoms with E-state index in [1.165, 1.54) is 5.56 Å². The van der Waals surface area contributed by atoms with Gasteiger partial charge in [-0.25, -0.2) is 0 Å². The molecule has 0 fully saturated rings. The summed E-state index contributed by atoms with van der Waals surface area (Å²) in [6.07, 6.45) is 0.361. The van der Waals surface area contributed by atoms with Crippen molar-refractivity contribution in [2.45, 2.75) is 18.6 Å². The average molecular weight is 355 g/mol. The molecule has 3 aromatic carbocycles. The van der Waals surface area contributed by atoms with E-state index in [4.69, 9.17) is 0 Å². The van der Waals surface area contributed by atoms with Crippen molar-refractivity contribution in [1.82, 2.24) is 4.90 Å². The number of rotatable bonds is 6. The molecule has 2 nitrogen and oxygen atoms in total. The highest BCUT2D eigenvalue weighted by Gasteiger charge is 2.30. The highest BCUT2D eigenvalue weighted by Crippen LogP contribution is 2.32. The van der Waals surface area contributed by atoms with Crippen molar-refractivity contribution in [2.75, 3.05) is 13.6 Å². The summed E-state index contributed by atoms with van der Waals surface area (Å²) < 4.78 is 0. The van der Waals surface area contributed by atoms with E-state index in [0.29, 0.717) is 13.0 Å². The molecule has 0 radical (unpaired) electrons. The average Bonchev–Trinajstić information content (AvgIpc) is 2.73. The number of hydrogen-bond acceptors (Lipinski definition) is 2. The SMILES string of the molecule is CN(CC#CCC(O)(c1ccccc1)c1ccccc1)Cc1ccccc1. The highest BCUT2D eigenvalue weighted by atomic mass is 16.3. The second-order valence-electron chi connectivity index (χ2n) is 6.78. The molecule has 0 spiro atoms. The van der Waals surface area contributed by atoms with Crippen molar-refractivity contribution in [2.24, 2.45) is 0 Å². The molecule has 136 valence electrons. The lowest BCUT2D eigenvalue weighted by Gasteiger charge is -2.27. The molecule has 0 saturated heterocycles. The van der Waals surface area contributed by atoms with Crippen molar-refractivity contribution < 1.29 is 5.11 Å². The molecule has 3 rings (SSSR count). The van der Waals surface area contributed by atoms with Gasteiger partial charge in [0.1, 0.15) is 5.60 Å². The standard InChI is InChI=1S/C25H25NO/c1-26(21-22-13-5-2-6-14-22)20-12-11-19-25(27,23-15-7-3-8-16-23)24-17-9-4-10-18-24/h2-10,13-18,27H,19-21H2,1H3. The van der Waals surface area contributed by atoms with Crippen LogP contribution in [0.2, 0.25) is 0 Å². The summed E-state index contributed by atoms with van der Waals surface area (Å²) in [5.74, 6) is 6.41. The lowest BCUT2D eigenvalue weighted by molar-refractivity contribution is 0.0865. The Labute approximate surface area is 162 Å². The molecule has 0 aliphatic carbocycles. The maximum absolute atomic E-state index is 11.4. The summed E-state index contributed by atoms with van der Waals surface area (Å²) >= 11 is 0. The zero-order chi connectivity index (χ0) is 19.0. The summed E-state index contributed by atoms with van der Waals surface area (Å²) in [5.41, 5.74) is 1.89. The first-order valence-electron chi connectivity index (χ1n) is 9.20. The van der Waals surface area contributed by atoms with Crippen molar-refractivity contribution in [3.8, 4) is 11.8 Å². The lowest BCUT2D eigenvalue weighted by atomic mass is 9.84. The quantitative estimate of drug-likeness (QED) is 0.661. The van der Waals surface area contributed by atoms with Crippen LogP contribution in [-0.4, -0.2) is 23.6 Å². The topological polar surface area (TPSA) is 23.5 Å². The zero-order valence-corrected chi connectivity index (χ0v) is 15.7. The van der Waals surface area contributed by atoms with Gasteiger partial charge in [0.05, 0.1) is 6.54 Å². The number of aliphatic hydroxyl groups is 1. The highest BCUT2D eigenvalue weighted by molar-refractivity contribution is 5.37. The first kappa shape index (κ1) is 18.9. The number of hydrogen-bond donors (Lipinski definition) is 1. The third kappa shape index (κ3) is 5.08. The molecule has 0 bridgehead atoms. The summed E-state index contributed by atoms with van der Waals surface area (Å²) in [6.45, 7) is 1.52. The van der Waals surface area contributed by atoms with Crippen LogP contribution in [0.3, 0.4) is 0 Å². The largest absolute Gasteiger partial charge is 0.379 e. The van der Waals surface area contributed by atoms with Crippen LogP contribution in [-0.2, 0) is 12.1 Å². The molecule has 0 heterocycles. The summed E-state index contributed by atoms with van der Waals surface area (Å²) in [5, 5.41) is 11.4. The van der Waals surface area contributed by atoms with E-state index in [1.807, 2.05) is 66.7 Å². The van der Waals surface area contributed by atoms with E-state index >= 15 is 0 Å². The van der Waals surface area contributed by atoms with Gasteiger partial charge < -0.3 is 5.11 Å². The summed E-state index contributed by atoms with van der Waals surface area (Å²) in [4.78, 5) is 2.17. The molecule has 27 heavy (non-hydrogen) atoms. The van der Waals surface area contributed by atoms with Crippen LogP contribution in [0.25, 0.3) is 0 Å². The Morgan fingerprint density at radius 3 is 1.74 bits per heavy atom. The van der Waals surface area contributed by atoms with Crippen LogP contribution in [0.1, 0.15) is 23.1 Å². The Bertz CT molecular complexity index is 840. The maximum atomic E-state index is 11.4. The minimum absolute atomic E-state index is 0.361. The predicted molar refractivity (Wildman–Crippen MR) is 111 cm³/mol. The van der Waals surface area contributed by atoms with Gasteiger partial charge in [0, 0.05) is 13.0 Å². The van der Waals surface area contributed by atoms with Crippen LogP contribution in [0.15, 0.2) is 91.0 Å². The third-order valence-electron chi connectivity index (χ3n) is 4.62. The second-order valence-corrected chi connectivity index (χ2v) is 6.78. The van der Waals surface area contributed by atoms with E-state index in [0.717, 1.165) is 17.7 Å². The predicted octanol–water partition coefficient (Wildman–Crippen LogP) is 4.45. The van der Waals surface area contributed by atoms with Gasteiger partial charge in [-0.3, -0.25) is 4.90 Å². The first-order chi connectivity index (χ1) is 13.2. The van der Waals surface area contributed by atoms with Crippen molar-refractivity contribution >= 4 is 0 Å². The molecule has 3 aromatic rings. The monoisotopic (exact) mass is 355 g/mol. The van der Waals surface area contributed by atoms with Gasteiger partial charge in [-0.1, -0.05) is 103 Å². The molecule has 0 amide bonds. The van der Waals surface area contributed by atoms with Crippen molar-refractivity contribution in [1.29, 1.82) is 0 Å². The van der Waals surface area contributed by atoms with Crippen molar-refractivity contribution in [3.63, 3.8) is 0 Å². The summed E-state index contributed by atoms with van der Waals surface area (Å²) in [6, 6.07) is 29.9. The van der Waals surface area contributed by atoms with Gasteiger partial charge in [-0.2, -0.15) is 0 Å². The molecule has 0 atom stereocenters. The molecule has 0 unspecified atom stereocenters. The van der Waals surface area contributed by atoms with E-state index in [-0.39, 0.29) is 0 Å². The lowest BCUT2D eigenvalue weighted by Crippen LogP contribution is -2.26. The summed E-state index contributed by atoms with van der Waals surface area (Å²) in [7, 11) is 2.06. The smallest absolute Gasteiger partial charge is 0.125 e. The first-order valence-corrected chi connectivity index (χ1v) is 9.20. The van der Waals surface area contributed by atoms with Gasteiger partial charge in [-0.05, 0) is 23.7 Å². The van der Waals surface area contributed by atoms with E-state index in [2.05, 4.69) is 48.1 Å². The van der Waals surface area contributed by atoms with Crippen LogP contribution in [0.5, 0.6) is 0 Å². The molecule has 0 aliphatic heterocycles. The van der Waals surface area contributed by atoms with Gasteiger partial charge in [-0.15, -0.1) is 0 Å². The Hall–Kier alpha value is -2.86. The molecule has 2 heteroatoms. The fourth-order valence-electron chi connectivity index (χ4n) is 3.13. The van der Waals surface area contributed by atoms with Crippen LogP contribution < -0.4 is 0 Å². The fourth-order valence-corrected chi connectivity index (χ4v) is 3.13. The maximum Gasteiger partial charge on any atom is 0.125 e. The van der Waals surface area contributed by atoms with E-state index < -0.39 is 5.60 Å². The normalized spacial score (nSPS) is 11.1. The molecular formula is C25H25NO. The van der Waals surface area contributed by atoms with Gasteiger partial charge in [0.2, 0.25) is 0 Å². The molecular weight excluding hydrogens is 330 g/mol. The third-order valence-corrected chi connectivity index (χ3v) is 4.62. The minimum Gasteiger partial charge on any atom is -0.379 e. The molecule has 0 aliphatic rings. The zero-order valence-electron chi connectivity index (χ0n) is 15.7. The Morgan fingerprint density at radius 1 is 0.741 bits per heavy atom. The van der Waals surface area contributed by atoms with Gasteiger partial charge >= 0.3 is 0 Å². The minimum atomic E-state index is -1.10.